The molecule has 0 bridgehead atoms. The summed E-state index contributed by atoms with van der Waals surface area (Å²) in [7, 11) is 0. The average Bonchev–Trinajstić information content (AvgIpc) is 2.27. The normalized spacial score (nSPS) is 16.1. The molecule has 0 amide bonds. The number of benzene rings is 2. The third-order valence-electron chi connectivity index (χ3n) is 2.93. The molecule has 0 saturated heterocycles. The lowest BCUT2D eigenvalue weighted by atomic mass is 9.94. The van der Waals surface area contributed by atoms with E-state index < -0.39 is 0 Å². The van der Waals surface area contributed by atoms with Crippen LogP contribution in [0.3, 0.4) is 0 Å². The number of ether oxygens (including phenoxy) is 1. The number of carbonyl (C=O) groups is 1. The van der Waals surface area contributed by atoms with Crippen LogP contribution < -0.4 is 4.74 Å². The van der Waals surface area contributed by atoms with Crippen LogP contribution in [0.4, 0.5) is 0 Å². The summed E-state index contributed by atoms with van der Waals surface area (Å²) in [6.07, 6.45) is 1.22. The van der Waals surface area contributed by atoms with E-state index >= 15 is 0 Å². The van der Waals surface area contributed by atoms with Gasteiger partial charge in [-0.15, -0.1) is 0 Å². The fourth-order valence-electron chi connectivity index (χ4n) is 1.96. The molecule has 2 nitrogen and oxygen atoms in total. The van der Waals surface area contributed by atoms with Gasteiger partial charge in [-0.05, 0) is 22.9 Å². The second kappa shape index (κ2) is 3.63. The van der Waals surface area contributed by atoms with E-state index in [2.05, 4.69) is 12.1 Å². The summed E-state index contributed by atoms with van der Waals surface area (Å²) >= 11 is 0. The number of rotatable bonds is 2. The minimum atomic E-state index is 0.0914. The fourth-order valence-corrected chi connectivity index (χ4v) is 1.96. The first-order valence-corrected chi connectivity index (χ1v) is 5.48. The van der Waals surface area contributed by atoms with Crippen LogP contribution in [0.1, 0.15) is 12.8 Å². The minimum Gasteiger partial charge on any atom is -0.489 e. The Kier molecular flexibility index (Phi) is 2.13. The second-order valence-corrected chi connectivity index (χ2v) is 4.20. The van der Waals surface area contributed by atoms with Gasteiger partial charge in [0.05, 0.1) is 0 Å². The molecule has 0 heterocycles. The van der Waals surface area contributed by atoms with Gasteiger partial charge in [0.2, 0.25) is 0 Å². The molecule has 1 aliphatic rings. The van der Waals surface area contributed by atoms with Crippen LogP contribution in [0.15, 0.2) is 42.5 Å². The zero-order valence-corrected chi connectivity index (χ0v) is 8.85. The van der Waals surface area contributed by atoms with Crippen molar-refractivity contribution in [3.63, 3.8) is 0 Å². The van der Waals surface area contributed by atoms with E-state index in [1.54, 1.807) is 0 Å². The molecule has 2 aromatic rings. The summed E-state index contributed by atoms with van der Waals surface area (Å²) in [4.78, 5) is 10.8. The third kappa shape index (κ3) is 1.67. The van der Waals surface area contributed by atoms with E-state index in [0.29, 0.717) is 18.6 Å². The molecule has 1 saturated carbocycles. The van der Waals surface area contributed by atoms with Crippen molar-refractivity contribution in [3.8, 4) is 5.75 Å². The highest BCUT2D eigenvalue weighted by Crippen LogP contribution is 2.25. The monoisotopic (exact) mass is 212 g/mol. The molecule has 0 aromatic heterocycles. The highest BCUT2D eigenvalue weighted by Gasteiger charge is 2.28. The number of hydrogen-bond donors (Lipinski definition) is 0. The van der Waals surface area contributed by atoms with E-state index in [1.807, 2.05) is 30.3 Å². The van der Waals surface area contributed by atoms with E-state index in [1.165, 1.54) is 10.8 Å². The third-order valence-corrected chi connectivity index (χ3v) is 2.93. The topological polar surface area (TPSA) is 26.3 Å². The van der Waals surface area contributed by atoms with Crippen molar-refractivity contribution in [1.82, 2.24) is 0 Å². The van der Waals surface area contributed by atoms with Crippen molar-refractivity contribution < 1.29 is 9.53 Å². The van der Waals surface area contributed by atoms with Gasteiger partial charge in [-0.1, -0.05) is 30.3 Å². The summed E-state index contributed by atoms with van der Waals surface area (Å²) in [5, 5.41) is 2.38. The molecule has 0 spiro atoms. The van der Waals surface area contributed by atoms with Gasteiger partial charge in [-0.2, -0.15) is 0 Å². The van der Waals surface area contributed by atoms with E-state index in [9.17, 15) is 4.79 Å². The lowest BCUT2D eigenvalue weighted by Gasteiger charge is -2.25. The zero-order valence-electron chi connectivity index (χ0n) is 8.85. The first kappa shape index (κ1) is 9.40. The van der Waals surface area contributed by atoms with Crippen molar-refractivity contribution in [2.45, 2.75) is 18.9 Å². The number of Topliss-reactive ketones (excluding diaryl/α,β-unsaturated/α-hetero) is 1. The Morgan fingerprint density at radius 1 is 1.00 bits per heavy atom. The molecule has 0 aliphatic heterocycles. The number of carbonyl (C=O) groups excluding carboxylic acids is 1. The largest absolute Gasteiger partial charge is 0.489 e. The summed E-state index contributed by atoms with van der Waals surface area (Å²) in [5.74, 6) is 1.15. The van der Waals surface area contributed by atoms with E-state index in [-0.39, 0.29) is 6.10 Å². The maximum Gasteiger partial charge on any atom is 0.140 e. The fraction of sp³-hybridized carbons (Fsp3) is 0.214. The molecule has 1 aliphatic carbocycles. The van der Waals surface area contributed by atoms with Gasteiger partial charge in [0.1, 0.15) is 17.6 Å². The Morgan fingerprint density at radius 2 is 1.75 bits per heavy atom. The number of hydrogen-bond acceptors (Lipinski definition) is 2. The van der Waals surface area contributed by atoms with Gasteiger partial charge in [-0.3, -0.25) is 4.79 Å². The predicted molar refractivity (Wildman–Crippen MR) is 62.6 cm³/mol. The maximum absolute atomic E-state index is 10.8. The molecule has 1 fully saturated rings. The molecule has 2 heteroatoms. The SMILES string of the molecule is O=C1CC(Oc2ccc3ccccc3c2)C1. The van der Waals surface area contributed by atoms with Crippen LogP contribution in [0.25, 0.3) is 10.8 Å². The van der Waals surface area contributed by atoms with Crippen LogP contribution in [0.2, 0.25) is 0 Å². The van der Waals surface area contributed by atoms with Crippen molar-refractivity contribution >= 4 is 16.6 Å². The highest BCUT2D eigenvalue weighted by atomic mass is 16.5. The smallest absolute Gasteiger partial charge is 0.140 e. The molecule has 0 N–H and O–H groups in total. The summed E-state index contributed by atoms with van der Waals surface area (Å²) in [5.41, 5.74) is 0. The van der Waals surface area contributed by atoms with Gasteiger partial charge >= 0.3 is 0 Å². The van der Waals surface area contributed by atoms with Crippen LogP contribution in [-0.4, -0.2) is 11.9 Å². The van der Waals surface area contributed by atoms with Gasteiger partial charge in [0, 0.05) is 12.8 Å². The summed E-state index contributed by atoms with van der Waals surface area (Å²) in [6, 6.07) is 14.2. The first-order chi connectivity index (χ1) is 7.81. The molecule has 3 rings (SSSR count). The average molecular weight is 212 g/mol. The molecule has 0 unspecified atom stereocenters. The predicted octanol–water partition coefficient (Wildman–Crippen LogP) is 2.95. The van der Waals surface area contributed by atoms with Crippen LogP contribution in [0, 0.1) is 0 Å². The molecule has 0 atom stereocenters. The standard InChI is InChI=1S/C14H12O2/c15-12-8-14(9-12)16-13-6-5-10-3-1-2-4-11(10)7-13/h1-7,14H,8-9H2. The Morgan fingerprint density at radius 3 is 2.50 bits per heavy atom. The van der Waals surface area contributed by atoms with E-state index in [4.69, 9.17) is 4.74 Å². The van der Waals surface area contributed by atoms with Crippen LogP contribution in [0.5, 0.6) is 5.75 Å². The van der Waals surface area contributed by atoms with Crippen LogP contribution in [-0.2, 0) is 4.79 Å². The Balaban J connectivity index is 1.85. The highest BCUT2D eigenvalue weighted by molar-refractivity contribution is 5.86. The Hall–Kier alpha value is -1.83. The quantitative estimate of drug-likeness (QED) is 0.765. The van der Waals surface area contributed by atoms with E-state index in [0.717, 1.165) is 5.75 Å². The van der Waals surface area contributed by atoms with Gasteiger partial charge < -0.3 is 4.74 Å². The number of fused-ring (bicyclic) bond motifs is 1. The minimum absolute atomic E-state index is 0.0914. The second-order valence-electron chi connectivity index (χ2n) is 4.20. The van der Waals surface area contributed by atoms with Gasteiger partial charge in [0.25, 0.3) is 0 Å². The molecule has 2 aromatic carbocycles. The van der Waals surface area contributed by atoms with Crippen LogP contribution >= 0.6 is 0 Å². The van der Waals surface area contributed by atoms with Gasteiger partial charge in [0.15, 0.2) is 0 Å². The Labute approximate surface area is 93.8 Å². The van der Waals surface area contributed by atoms with Crippen molar-refractivity contribution in [3.05, 3.63) is 42.5 Å². The van der Waals surface area contributed by atoms with Gasteiger partial charge in [-0.25, -0.2) is 0 Å². The maximum atomic E-state index is 10.8. The number of ketones is 1. The Bertz CT molecular complexity index is 537. The summed E-state index contributed by atoms with van der Waals surface area (Å²) in [6.45, 7) is 0. The molecule has 80 valence electrons. The molecule has 0 radical (unpaired) electrons. The lowest BCUT2D eigenvalue weighted by Crippen LogP contribution is -2.33. The van der Waals surface area contributed by atoms with Crippen molar-refractivity contribution in [2.75, 3.05) is 0 Å². The van der Waals surface area contributed by atoms with Crippen molar-refractivity contribution in [1.29, 1.82) is 0 Å². The molecule has 16 heavy (non-hydrogen) atoms. The summed E-state index contributed by atoms with van der Waals surface area (Å²) < 4.78 is 5.71. The molecular weight excluding hydrogens is 200 g/mol. The van der Waals surface area contributed by atoms with Crippen molar-refractivity contribution in [2.24, 2.45) is 0 Å². The lowest BCUT2D eigenvalue weighted by molar-refractivity contribution is -0.129. The first-order valence-electron chi connectivity index (χ1n) is 5.48. The zero-order chi connectivity index (χ0) is 11.0. The molecular formula is C14H12O2.